The van der Waals surface area contributed by atoms with Crippen LogP contribution >= 0.6 is 11.6 Å². The number of hydrogen-bond donors (Lipinski definition) is 0. The lowest BCUT2D eigenvalue weighted by Crippen LogP contribution is -2.25. The van der Waals surface area contributed by atoms with Crippen LogP contribution in [0.4, 0.5) is 5.82 Å². The van der Waals surface area contributed by atoms with Crippen LogP contribution in [0, 0.1) is 0 Å². The minimum absolute atomic E-state index is 0.175. The zero-order valence-electron chi connectivity index (χ0n) is 12.5. The molecule has 2 aromatic heterocycles. The summed E-state index contributed by atoms with van der Waals surface area (Å²) in [7, 11) is 0. The molecule has 1 aliphatic rings. The third-order valence-corrected chi connectivity index (χ3v) is 4.30. The SMILES string of the molecule is Clc1ccc2ccc(N3CC[C@@H](Oc4ccncc4)C3)nc2c1. The van der Waals surface area contributed by atoms with Gasteiger partial charge in [-0.25, -0.2) is 4.98 Å². The van der Waals surface area contributed by atoms with E-state index >= 15 is 0 Å². The normalized spacial score (nSPS) is 17.6. The van der Waals surface area contributed by atoms with Crippen molar-refractivity contribution in [3.05, 3.63) is 59.9 Å². The number of ether oxygens (including phenoxy) is 1. The fraction of sp³-hybridized carbons (Fsp3) is 0.222. The van der Waals surface area contributed by atoms with Crippen molar-refractivity contribution in [2.45, 2.75) is 12.5 Å². The average Bonchev–Trinajstić information content (AvgIpc) is 3.03. The summed E-state index contributed by atoms with van der Waals surface area (Å²) in [4.78, 5) is 11.0. The highest BCUT2D eigenvalue weighted by atomic mass is 35.5. The van der Waals surface area contributed by atoms with Crippen LogP contribution in [0.15, 0.2) is 54.9 Å². The Kier molecular flexibility index (Phi) is 3.75. The minimum atomic E-state index is 0.175. The van der Waals surface area contributed by atoms with Crippen molar-refractivity contribution in [1.82, 2.24) is 9.97 Å². The van der Waals surface area contributed by atoms with Gasteiger partial charge in [0, 0.05) is 35.8 Å². The summed E-state index contributed by atoms with van der Waals surface area (Å²) in [6, 6.07) is 13.7. The molecular formula is C18H16ClN3O. The van der Waals surface area contributed by atoms with Gasteiger partial charge >= 0.3 is 0 Å². The van der Waals surface area contributed by atoms with Crippen LogP contribution in [0.5, 0.6) is 5.75 Å². The number of nitrogens with zero attached hydrogens (tertiary/aromatic N) is 3. The molecule has 1 atom stereocenters. The van der Waals surface area contributed by atoms with Crippen LogP contribution in [0.25, 0.3) is 10.9 Å². The van der Waals surface area contributed by atoms with Gasteiger partial charge in [0.25, 0.3) is 0 Å². The lowest BCUT2D eigenvalue weighted by atomic mass is 10.2. The average molecular weight is 326 g/mol. The van der Waals surface area contributed by atoms with Gasteiger partial charge in [-0.05, 0) is 36.4 Å². The Morgan fingerprint density at radius 3 is 2.78 bits per heavy atom. The Morgan fingerprint density at radius 1 is 1.09 bits per heavy atom. The van der Waals surface area contributed by atoms with Crippen molar-refractivity contribution in [3.63, 3.8) is 0 Å². The molecule has 4 rings (SSSR count). The number of aromatic nitrogens is 2. The van der Waals surface area contributed by atoms with E-state index in [1.165, 1.54) is 0 Å². The van der Waals surface area contributed by atoms with Gasteiger partial charge in [-0.3, -0.25) is 4.98 Å². The molecule has 0 radical (unpaired) electrons. The standard InChI is InChI=1S/C18H16ClN3O/c19-14-3-1-13-2-4-18(21-17(13)11-14)22-10-7-16(12-22)23-15-5-8-20-9-6-15/h1-6,8-9,11,16H,7,10,12H2/t16-/m1/s1. The summed E-state index contributed by atoms with van der Waals surface area (Å²) in [5, 5.41) is 1.81. The second-order valence-electron chi connectivity index (χ2n) is 5.66. The van der Waals surface area contributed by atoms with Crippen LogP contribution in [0.1, 0.15) is 6.42 Å². The topological polar surface area (TPSA) is 38.2 Å². The molecule has 5 heteroatoms. The number of pyridine rings is 2. The van der Waals surface area contributed by atoms with Crippen molar-refractivity contribution >= 4 is 28.3 Å². The molecule has 0 saturated carbocycles. The number of rotatable bonds is 3. The zero-order valence-corrected chi connectivity index (χ0v) is 13.3. The second-order valence-corrected chi connectivity index (χ2v) is 6.10. The number of anilines is 1. The Morgan fingerprint density at radius 2 is 1.91 bits per heavy atom. The molecule has 4 nitrogen and oxygen atoms in total. The lowest BCUT2D eigenvalue weighted by molar-refractivity contribution is 0.224. The van der Waals surface area contributed by atoms with Gasteiger partial charge in [-0.1, -0.05) is 17.7 Å². The molecule has 0 bridgehead atoms. The molecule has 0 spiro atoms. The van der Waals surface area contributed by atoms with Crippen molar-refractivity contribution in [3.8, 4) is 5.75 Å². The smallest absolute Gasteiger partial charge is 0.129 e. The molecule has 3 heterocycles. The third-order valence-electron chi connectivity index (χ3n) is 4.06. The summed E-state index contributed by atoms with van der Waals surface area (Å²) in [5.74, 6) is 1.84. The Labute approximate surface area is 139 Å². The summed E-state index contributed by atoms with van der Waals surface area (Å²) < 4.78 is 6.00. The maximum absolute atomic E-state index is 6.07. The van der Waals surface area contributed by atoms with Crippen LogP contribution in [0.3, 0.4) is 0 Å². The van der Waals surface area contributed by atoms with E-state index in [0.717, 1.165) is 42.0 Å². The first-order valence-electron chi connectivity index (χ1n) is 7.66. The highest BCUT2D eigenvalue weighted by Crippen LogP contribution is 2.25. The van der Waals surface area contributed by atoms with E-state index < -0.39 is 0 Å². The van der Waals surface area contributed by atoms with Gasteiger partial charge in [0.15, 0.2) is 0 Å². The van der Waals surface area contributed by atoms with Gasteiger partial charge in [0.1, 0.15) is 17.7 Å². The fourth-order valence-corrected chi connectivity index (χ4v) is 3.06. The van der Waals surface area contributed by atoms with Crippen LogP contribution in [-0.4, -0.2) is 29.2 Å². The molecule has 1 aromatic carbocycles. The van der Waals surface area contributed by atoms with Crippen molar-refractivity contribution < 1.29 is 4.74 Å². The van der Waals surface area contributed by atoms with Crippen molar-refractivity contribution in [2.75, 3.05) is 18.0 Å². The second kappa shape index (κ2) is 6.05. The van der Waals surface area contributed by atoms with E-state index in [4.69, 9.17) is 21.3 Å². The summed E-state index contributed by atoms with van der Waals surface area (Å²) in [6.07, 6.45) is 4.65. The minimum Gasteiger partial charge on any atom is -0.488 e. The number of halogens is 1. The molecule has 0 aliphatic carbocycles. The number of benzene rings is 1. The first-order valence-corrected chi connectivity index (χ1v) is 8.04. The molecule has 116 valence electrons. The Bertz CT molecular complexity index is 825. The molecular weight excluding hydrogens is 310 g/mol. The van der Waals surface area contributed by atoms with E-state index in [9.17, 15) is 0 Å². The molecule has 23 heavy (non-hydrogen) atoms. The number of hydrogen-bond acceptors (Lipinski definition) is 4. The van der Waals surface area contributed by atoms with Crippen LogP contribution < -0.4 is 9.64 Å². The van der Waals surface area contributed by atoms with Crippen LogP contribution in [0.2, 0.25) is 5.02 Å². The summed E-state index contributed by atoms with van der Waals surface area (Å²) in [5.41, 5.74) is 0.925. The predicted octanol–water partition coefficient (Wildman–Crippen LogP) is 3.94. The zero-order chi connectivity index (χ0) is 15.6. The molecule has 1 aliphatic heterocycles. The van der Waals surface area contributed by atoms with Gasteiger partial charge in [-0.2, -0.15) is 0 Å². The molecule has 3 aromatic rings. The summed E-state index contributed by atoms with van der Waals surface area (Å²) in [6.45, 7) is 1.77. The number of fused-ring (bicyclic) bond motifs is 1. The fourth-order valence-electron chi connectivity index (χ4n) is 2.90. The molecule has 0 N–H and O–H groups in total. The highest BCUT2D eigenvalue weighted by Gasteiger charge is 2.25. The van der Waals surface area contributed by atoms with E-state index in [2.05, 4.69) is 22.0 Å². The molecule has 0 unspecified atom stereocenters. The van der Waals surface area contributed by atoms with Crippen molar-refractivity contribution in [2.24, 2.45) is 0 Å². The van der Waals surface area contributed by atoms with E-state index in [1.807, 2.05) is 30.3 Å². The van der Waals surface area contributed by atoms with E-state index in [1.54, 1.807) is 12.4 Å². The van der Waals surface area contributed by atoms with E-state index in [0.29, 0.717) is 5.02 Å². The van der Waals surface area contributed by atoms with E-state index in [-0.39, 0.29) is 6.10 Å². The molecule has 1 fully saturated rings. The molecule has 0 amide bonds. The van der Waals surface area contributed by atoms with Crippen molar-refractivity contribution in [1.29, 1.82) is 0 Å². The monoisotopic (exact) mass is 325 g/mol. The maximum Gasteiger partial charge on any atom is 0.129 e. The first kappa shape index (κ1) is 14.3. The quantitative estimate of drug-likeness (QED) is 0.731. The predicted molar refractivity (Wildman–Crippen MR) is 92.2 cm³/mol. The summed E-state index contributed by atoms with van der Waals surface area (Å²) >= 11 is 6.07. The highest BCUT2D eigenvalue weighted by molar-refractivity contribution is 6.31. The first-order chi connectivity index (χ1) is 11.3. The lowest BCUT2D eigenvalue weighted by Gasteiger charge is -2.18. The Hall–Kier alpha value is -2.33. The van der Waals surface area contributed by atoms with Gasteiger partial charge in [-0.15, -0.1) is 0 Å². The third kappa shape index (κ3) is 3.08. The van der Waals surface area contributed by atoms with Gasteiger partial charge in [0.2, 0.25) is 0 Å². The van der Waals surface area contributed by atoms with Gasteiger partial charge < -0.3 is 9.64 Å². The van der Waals surface area contributed by atoms with Gasteiger partial charge in [0.05, 0.1) is 12.1 Å². The van der Waals surface area contributed by atoms with Crippen LogP contribution in [-0.2, 0) is 0 Å². The molecule has 1 saturated heterocycles. The Balaban J connectivity index is 1.51. The largest absolute Gasteiger partial charge is 0.488 e. The maximum atomic E-state index is 6.07.